The van der Waals surface area contributed by atoms with Crippen molar-refractivity contribution in [1.82, 2.24) is 0 Å². The molecule has 0 amide bonds. The maximum absolute atomic E-state index is 10.9. The molecular formula is C19H19NO4. The number of benzene rings is 2. The smallest absolute Gasteiger partial charge is 0.330 e. The minimum atomic E-state index is -0.424. The number of nitrogens with zero attached hydrogens (tertiary/aromatic N) is 1. The number of esters is 1. The normalized spacial score (nSPS) is 10.5. The van der Waals surface area contributed by atoms with E-state index in [-0.39, 0.29) is 5.75 Å². The number of hydrogen-bond donors (Lipinski definition) is 1. The number of phenols is 1. The largest absolute Gasteiger partial charge is 0.508 e. The van der Waals surface area contributed by atoms with Gasteiger partial charge in [-0.3, -0.25) is 4.99 Å². The molecule has 2 aromatic carbocycles. The van der Waals surface area contributed by atoms with Gasteiger partial charge in [-0.1, -0.05) is 6.58 Å². The molecule has 0 aliphatic rings. The summed E-state index contributed by atoms with van der Waals surface area (Å²) in [5.74, 6) is 0.536. The lowest BCUT2D eigenvalue weighted by atomic mass is 10.2. The fourth-order valence-electron chi connectivity index (χ4n) is 1.82. The summed E-state index contributed by atoms with van der Waals surface area (Å²) in [7, 11) is 0. The first-order chi connectivity index (χ1) is 11.7. The molecule has 2 rings (SSSR count). The van der Waals surface area contributed by atoms with Gasteiger partial charge in [-0.2, -0.15) is 0 Å². The van der Waals surface area contributed by atoms with Gasteiger partial charge in [-0.25, -0.2) is 4.79 Å². The summed E-state index contributed by atoms with van der Waals surface area (Å²) in [6, 6.07) is 14.2. The van der Waals surface area contributed by atoms with Gasteiger partial charge in [0.25, 0.3) is 0 Å². The Morgan fingerprint density at radius 1 is 1.08 bits per heavy atom. The highest BCUT2D eigenvalue weighted by molar-refractivity contribution is 5.82. The number of hydrogen-bond acceptors (Lipinski definition) is 5. The predicted molar refractivity (Wildman–Crippen MR) is 93.1 cm³/mol. The Morgan fingerprint density at radius 2 is 1.79 bits per heavy atom. The molecule has 0 saturated heterocycles. The topological polar surface area (TPSA) is 68.1 Å². The van der Waals surface area contributed by atoms with Gasteiger partial charge < -0.3 is 14.6 Å². The Labute approximate surface area is 140 Å². The van der Waals surface area contributed by atoms with E-state index in [4.69, 9.17) is 9.47 Å². The summed E-state index contributed by atoms with van der Waals surface area (Å²) >= 11 is 0. The number of aliphatic imine (C=N–C) groups is 1. The van der Waals surface area contributed by atoms with Crippen molar-refractivity contribution in [1.29, 1.82) is 0 Å². The van der Waals surface area contributed by atoms with E-state index in [0.29, 0.717) is 19.6 Å². The van der Waals surface area contributed by atoms with Crippen molar-refractivity contribution in [3.8, 4) is 11.5 Å². The monoisotopic (exact) mass is 325 g/mol. The molecule has 0 spiro atoms. The van der Waals surface area contributed by atoms with Crippen molar-refractivity contribution in [3.63, 3.8) is 0 Å². The fourth-order valence-corrected chi connectivity index (χ4v) is 1.82. The van der Waals surface area contributed by atoms with Crippen molar-refractivity contribution < 1.29 is 19.4 Å². The second-order valence-electron chi connectivity index (χ2n) is 4.92. The molecule has 0 fully saturated rings. The van der Waals surface area contributed by atoms with Crippen LogP contribution < -0.4 is 4.74 Å². The van der Waals surface area contributed by atoms with Gasteiger partial charge in [0.15, 0.2) is 0 Å². The molecule has 1 N–H and O–H groups in total. The Morgan fingerprint density at radius 3 is 2.46 bits per heavy atom. The molecule has 0 radical (unpaired) electrons. The van der Waals surface area contributed by atoms with E-state index < -0.39 is 5.97 Å². The standard InChI is InChI=1S/C19H19NO4/c1-2-19(22)24-13-3-12-23-18-10-4-15(5-11-18)14-20-16-6-8-17(21)9-7-16/h2,4-11,14,21H,1,3,12-13H2. The Kier molecular flexibility index (Phi) is 6.58. The molecule has 124 valence electrons. The molecule has 0 aliphatic heterocycles. The zero-order valence-corrected chi connectivity index (χ0v) is 13.2. The molecule has 2 aromatic rings. The van der Waals surface area contributed by atoms with Crippen molar-refractivity contribution in [2.75, 3.05) is 13.2 Å². The first kappa shape index (κ1) is 17.3. The molecule has 0 bridgehead atoms. The number of aromatic hydroxyl groups is 1. The Hall–Kier alpha value is -3.08. The van der Waals surface area contributed by atoms with Crippen LogP contribution in [0.2, 0.25) is 0 Å². The van der Waals surface area contributed by atoms with Crippen molar-refractivity contribution in [2.45, 2.75) is 6.42 Å². The minimum Gasteiger partial charge on any atom is -0.508 e. The van der Waals surface area contributed by atoms with Crippen LogP contribution in [0.5, 0.6) is 11.5 Å². The molecular weight excluding hydrogens is 306 g/mol. The minimum absolute atomic E-state index is 0.217. The average molecular weight is 325 g/mol. The van der Waals surface area contributed by atoms with E-state index in [9.17, 15) is 9.90 Å². The van der Waals surface area contributed by atoms with Crippen LogP contribution in [0.1, 0.15) is 12.0 Å². The quantitative estimate of drug-likeness (QED) is 0.348. The number of rotatable bonds is 8. The number of phenolic OH excluding ortho intramolecular Hbond substituents is 1. The summed E-state index contributed by atoms with van der Waals surface area (Å²) in [6.45, 7) is 4.10. The number of ether oxygens (including phenoxy) is 2. The lowest BCUT2D eigenvalue weighted by Gasteiger charge is -2.06. The molecule has 0 atom stereocenters. The molecule has 0 aliphatic carbocycles. The van der Waals surface area contributed by atoms with E-state index >= 15 is 0 Å². The van der Waals surface area contributed by atoms with Crippen LogP contribution in [0.15, 0.2) is 66.2 Å². The first-order valence-electron chi connectivity index (χ1n) is 7.52. The summed E-state index contributed by atoms with van der Waals surface area (Å²) < 4.78 is 10.4. The van der Waals surface area contributed by atoms with Crippen LogP contribution in [0.4, 0.5) is 5.69 Å². The summed E-state index contributed by atoms with van der Waals surface area (Å²) in [6.07, 6.45) is 3.49. The molecule has 0 aromatic heterocycles. The van der Waals surface area contributed by atoms with E-state index in [2.05, 4.69) is 11.6 Å². The molecule has 0 heterocycles. The lowest BCUT2D eigenvalue weighted by molar-refractivity contribution is -0.137. The van der Waals surface area contributed by atoms with E-state index in [1.807, 2.05) is 24.3 Å². The third-order valence-corrected chi connectivity index (χ3v) is 3.06. The predicted octanol–water partition coefficient (Wildman–Crippen LogP) is 3.64. The number of carbonyl (C=O) groups is 1. The molecule has 0 saturated carbocycles. The maximum Gasteiger partial charge on any atom is 0.330 e. The van der Waals surface area contributed by atoms with Crippen molar-refractivity contribution in [3.05, 3.63) is 66.7 Å². The van der Waals surface area contributed by atoms with Crippen LogP contribution in [-0.2, 0) is 9.53 Å². The molecule has 5 nitrogen and oxygen atoms in total. The first-order valence-corrected chi connectivity index (χ1v) is 7.52. The van der Waals surface area contributed by atoms with Crippen molar-refractivity contribution in [2.24, 2.45) is 4.99 Å². The zero-order valence-electron chi connectivity index (χ0n) is 13.2. The summed E-state index contributed by atoms with van der Waals surface area (Å²) in [4.78, 5) is 15.2. The Balaban J connectivity index is 1.77. The second-order valence-corrected chi connectivity index (χ2v) is 4.92. The van der Waals surface area contributed by atoms with Crippen LogP contribution in [-0.4, -0.2) is 30.5 Å². The van der Waals surface area contributed by atoms with Crippen LogP contribution >= 0.6 is 0 Å². The highest BCUT2D eigenvalue weighted by Crippen LogP contribution is 2.17. The summed E-state index contributed by atoms with van der Waals surface area (Å²) in [5.41, 5.74) is 1.71. The fraction of sp³-hybridized carbons (Fsp3) is 0.158. The highest BCUT2D eigenvalue weighted by atomic mass is 16.5. The van der Waals surface area contributed by atoms with Gasteiger partial charge in [0, 0.05) is 18.7 Å². The van der Waals surface area contributed by atoms with E-state index in [0.717, 1.165) is 23.1 Å². The highest BCUT2D eigenvalue weighted by Gasteiger charge is 1.97. The molecule has 5 heteroatoms. The van der Waals surface area contributed by atoms with Gasteiger partial charge in [0.2, 0.25) is 0 Å². The van der Waals surface area contributed by atoms with E-state index in [1.165, 1.54) is 0 Å². The van der Waals surface area contributed by atoms with Gasteiger partial charge in [-0.05, 0) is 54.1 Å². The zero-order chi connectivity index (χ0) is 17.2. The van der Waals surface area contributed by atoms with E-state index in [1.54, 1.807) is 30.5 Å². The lowest BCUT2D eigenvalue weighted by Crippen LogP contribution is -2.06. The van der Waals surface area contributed by atoms with Gasteiger partial charge >= 0.3 is 5.97 Å². The molecule has 24 heavy (non-hydrogen) atoms. The van der Waals surface area contributed by atoms with Crippen LogP contribution in [0, 0.1) is 0 Å². The SMILES string of the molecule is C=CC(=O)OCCCOc1ccc(C=Nc2ccc(O)cc2)cc1. The molecule has 0 unspecified atom stereocenters. The maximum atomic E-state index is 10.9. The van der Waals surface area contributed by atoms with Gasteiger partial charge in [-0.15, -0.1) is 0 Å². The Bertz CT molecular complexity index is 690. The number of carbonyl (C=O) groups excluding carboxylic acids is 1. The average Bonchev–Trinajstić information content (AvgIpc) is 2.61. The van der Waals surface area contributed by atoms with Crippen LogP contribution in [0.3, 0.4) is 0 Å². The third-order valence-electron chi connectivity index (χ3n) is 3.06. The second kappa shape index (κ2) is 9.15. The van der Waals surface area contributed by atoms with Crippen molar-refractivity contribution >= 4 is 17.9 Å². The van der Waals surface area contributed by atoms with Crippen LogP contribution in [0.25, 0.3) is 0 Å². The van der Waals surface area contributed by atoms with Gasteiger partial charge in [0.05, 0.1) is 18.9 Å². The third kappa shape index (κ3) is 5.96. The van der Waals surface area contributed by atoms with Gasteiger partial charge in [0.1, 0.15) is 11.5 Å². The summed E-state index contributed by atoms with van der Waals surface area (Å²) in [5, 5.41) is 9.22.